The van der Waals surface area contributed by atoms with E-state index < -0.39 is 23.5 Å². The fourth-order valence-electron chi connectivity index (χ4n) is 4.77. The van der Waals surface area contributed by atoms with E-state index in [1.165, 1.54) is 0 Å². The standard InChI is InChI=1S/C31H42N2O6S/c1-20-8-6-7-9-24(20)26-18-21(10-15-25(26)28(34)33-27(29(35)36)16-17-40-5)19-38-23-13-11-22(12-14-23)32-30(37)39-31(2,3)4/h6-10,15,18,22-23,27H,11-14,16-17,19H2,1-5H3,(H,32,37)(H,33,34)(H,35,36)/t22?,23?,27-/m0/s1. The van der Waals surface area contributed by atoms with Gasteiger partial charge in [0.05, 0.1) is 12.7 Å². The third-order valence-corrected chi connectivity index (χ3v) is 7.50. The lowest BCUT2D eigenvalue weighted by Crippen LogP contribution is -2.41. The van der Waals surface area contributed by atoms with Crippen LogP contribution in [0.2, 0.25) is 0 Å². The molecule has 1 aliphatic rings. The number of rotatable bonds is 11. The highest BCUT2D eigenvalue weighted by Crippen LogP contribution is 2.30. The van der Waals surface area contributed by atoms with E-state index in [0.717, 1.165) is 47.9 Å². The Kier molecular flexibility index (Phi) is 11.5. The summed E-state index contributed by atoms with van der Waals surface area (Å²) >= 11 is 1.54. The predicted molar refractivity (Wildman–Crippen MR) is 159 cm³/mol. The third-order valence-electron chi connectivity index (χ3n) is 6.86. The largest absolute Gasteiger partial charge is 0.480 e. The molecule has 9 heteroatoms. The highest BCUT2D eigenvalue weighted by molar-refractivity contribution is 7.98. The topological polar surface area (TPSA) is 114 Å². The Morgan fingerprint density at radius 3 is 2.38 bits per heavy atom. The van der Waals surface area contributed by atoms with Gasteiger partial charge in [0, 0.05) is 11.6 Å². The normalized spacial score (nSPS) is 18.0. The van der Waals surface area contributed by atoms with Crippen LogP contribution in [0.3, 0.4) is 0 Å². The zero-order valence-electron chi connectivity index (χ0n) is 24.1. The summed E-state index contributed by atoms with van der Waals surface area (Å²) < 4.78 is 11.6. The second-order valence-electron chi connectivity index (χ2n) is 11.3. The van der Waals surface area contributed by atoms with Gasteiger partial charge in [0.25, 0.3) is 5.91 Å². The molecule has 2 aromatic carbocycles. The first-order valence-corrected chi connectivity index (χ1v) is 15.2. The smallest absolute Gasteiger partial charge is 0.407 e. The monoisotopic (exact) mass is 570 g/mol. The minimum atomic E-state index is -1.04. The molecule has 8 nitrogen and oxygen atoms in total. The van der Waals surface area contributed by atoms with Crippen LogP contribution in [-0.4, -0.2) is 58.9 Å². The van der Waals surface area contributed by atoms with Crippen LogP contribution in [0.15, 0.2) is 42.5 Å². The molecule has 218 valence electrons. The third kappa shape index (κ3) is 9.55. The fraction of sp³-hybridized carbons (Fsp3) is 0.516. The number of hydrogen-bond donors (Lipinski definition) is 3. The van der Waals surface area contributed by atoms with Crippen molar-refractivity contribution in [2.45, 2.75) is 90.2 Å². The van der Waals surface area contributed by atoms with Gasteiger partial charge in [-0.15, -0.1) is 0 Å². The Hall–Kier alpha value is -3.04. The van der Waals surface area contributed by atoms with Gasteiger partial charge in [-0.3, -0.25) is 4.79 Å². The lowest BCUT2D eigenvalue weighted by molar-refractivity contribution is -0.139. The van der Waals surface area contributed by atoms with E-state index in [2.05, 4.69) is 10.6 Å². The van der Waals surface area contributed by atoms with Crippen LogP contribution in [-0.2, 0) is 20.9 Å². The molecule has 2 amide bonds. The van der Waals surface area contributed by atoms with Crippen molar-refractivity contribution in [3.8, 4) is 11.1 Å². The van der Waals surface area contributed by atoms with Gasteiger partial charge >= 0.3 is 12.1 Å². The first kappa shape index (κ1) is 31.5. The lowest BCUT2D eigenvalue weighted by atomic mass is 9.92. The minimum absolute atomic E-state index is 0.0747. The van der Waals surface area contributed by atoms with Crippen molar-refractivity contribution in [3.63, 3.8) is 0 Å². The summed E-state index contributed by atoms with van der Waals surface area (Å²) in [6.45, 7) is 7.92. The van der Waals surface area contributed by atoms with E-state index in [-0.39, 0.29) is 18.2 Å². The van der Waals surface area contributed by atoms with Gasteiger partial charge in [-0.2, -0.15) is 11.8 Å². The van der Waals surface area contributed by atoms with Gasteiger partial charge in [-0.25, -0.2) is 9.59 Å². The van der Waals surface area contributed by atoms with Gasteiger partial charge in [-0.05, 0) is 106 Å². The summed E-state index contributed by atoms with van der Waals surface area (Å²) in [4.78, 5) is 37.1. The van der Waals surface area contributed by atoms with Crippen molar-refractivity contribution in [3.05, 3.63) is 59.2 Å². The number of thioether (sulfide) groups is 1. The molecule has 2 aromatic rings. The van der Waals surface area contributed by atoms with Crippen molar-refractivity contribution < 1.29 is 29.0 Å². The Labute approximate surface area is 241 Å². The average Bonchev–Trinajstić information content (AvgIpc) is 2.89. The fourth-order valence-corrected chi connectivity index (χ4v) is 5.24. The summed E-state index contributed by atoms with van der Waals surface area (Å²) in [7, 11) is 0. The summed E-state index contributed by atoms with van der Waals surface area (Å²) in [6, 6.07) is 12.5. The minimum Gasteiger partial charge on any atom is -0.480 e. The summed E-state index contributed by atoms with van der Waals surface area (Å²) in [5.74, 6) is -0.812. The number of nitrogens with one attached hydrogen (secondary N) is 2. The molecule has 0 unspecified atom stereocenters. The number of hydrogen-bond acceptors (Lipinski definition) is 6. The van der Waals surface area contributed by atoms with E-state index in [0.29, 0.717) is 24.3 Å². The number of ether oxygens (including phenoxy) is 2. The SMILES string of the molecule is CSCC[C@H](NC(=O)c1ccc(COC2CCC(NC(=O)OC(C)(C)C)CC2)cc1-c1ccccc1C)C(=O)O. The number of carbonyl (C=O) groups is 3. The van der Waals surface area contributed by atoms with E-state index in [1.54, 1.807) is 17.8 Å². The van der Waals surface area contributed by atoms with E-state index in [4.69, 9.17) is 9.47 Å². The first-order valence-electron chi connectivity index (χ1n) is 13.8. The quantitative estimate of drug-likeness (QED) is 0.306. The Balaban J connectivity index is 1.68. The van der Waals surface area contributed by atoms with Gasteiger partial charge in [0.15, 0.2) is 0 Å². The van der Waals surface area contributed by atoms with Crippen LogP contribution in [0, 0.1) is 6.92 Å². The van der Waals surface area contributed by atoms with Crippen LogP contribution < -0.4 is 10.6 Å². The molecule has 1 atom stereocenters. The van der Waals surface area contributed by atoms with Crippen molar-refractivity contribution >= 4 is 29.7 Å². The molecule has 0 bridgehead atoms. The molecular weight excluding hydrogens is 528 g/mol. The maximum absolute atomic E-state index is 13.3. The molecule has 0 aromatic heterocycles. The van der Waals surface area contributed by atoms with Gasteiger partial charge < -0.3 is 25.2 Å². The Morgan fingerprint density at radius 2 is 1.75 bits per heavy atom. The highest BCUT2D eigenvalue weighted by atomic mass is 32.2. The molecule has 0 spiro atoms. The van der Waals surface area contributed by atoms with Gasteiger partial charge in [0.2, 0.25) is 0 Å². The highest BCUT2D eigenvalue weighted by Gasteiger charge is 2.26. The number of carboxylic acid groups (broad SMARTS) is 1. The maximum Gasteiger partial charge on any atom is 0.407 e. The number of aliphatic carboxylic acids is 1. The van der Waals surface area contributed by atoms with E-state index in [1.807, 2.05) is 70.3 Å². The number of benzene rings is 2. The maximum atomic E-state index is 13.3. The molecule has 3 rings (SSSR count). The molecule has 40 heavy (non-hydrogen) atoms. The molecule has 1 saturated carbocycles. The van der Waals surface area contributed by atoms with Crippen LogP contribution in [0.4, 0.5) is 4.79 Å². The number of carbonyl (C=O) groups excluding carboxylic acids is 2. The number of carboxylic acids is 1. The Bertz CT molecular complexity index is 1170. The predicted octanol–water partition coefficient (Wildman–Crippen LogP) is 5.95. The van der Waals surface area contributed by atoms with Crippen molar-refractivity contribution in [1.29, 1.82) is 0 Å². The van der Waals surface area contributed by atoms with Crippen LogP contribution in [0.25, 0.3) is 11.1 Å². The number of aryl methyl sites for hydroxylation is 1. The molecule has 0 heterocycles. The zero-order chi connectivity index (χ0) is 29.3. The first-order chi connectivity index (χ1) is 19.0. The van der Waals surface area contributed by atoms with Crippen LogP contribution in [0.1, 0.15) is 74.4 Å². The lowest BCUT2D eigenvalue weighted by Gasteiger charge is -2.30. The summed E-state index contributed by atoms with van der Waals surface area (Å²) in [6.07, 6.45) is 5.25. The number of alkyl carbamates (subject to hydrolysis) is 1. The molecule has 0 saturated heterocycles. The summed E-state index contributed by atoms with van der Waals surface area (Å²) in [5.41, 5.74) is 3.52. The van der Waals surface area contributed by atoms with E-state index in [9.17, 15) is 19.5 Å². The molecular formula is C31H42N2O6S. The van der Waals surface area contributed by atoms with Gasteiger partial charge in [0.1, 0.15) is 11.6 Å². The molecule has 3 N–H and O–H groups in total. The second-order valence-corrected chi connectivity index (χ2v) is 12.3. The van der Waals surface area contributed by atoms with Crippen molar-refractivity contribution in [1.82, 2.24) is 10.6 Å². The molecule has 1 fully saturated rings. The number of amides is 2. The van der Waals surface area contributed by atoms with Crippen molar-refractivity contribution in [2.24, 2.45) is 0 Å². The summed E-state index contributed by atoms with van der Waals surface area (Å²) in [5, 5.41) is 15.3. The van der Waals surface area contributed by atoms with Crippen LogP contribution in [0.5, 0.6) is 0 Å². The average molecular weight is 571 g/mol. The van der Waals surface area contributed by atoms with E-state index >= 15 is 0 Å². The second kappa shape index (κ2) is 14.6. The van der Waals surface area contributed by atoms with Crippen molar-refractivity contribution in [2.75, 3.05) is 12.0 Å². The molecule has 0 radical (unpaired) electrons. The zero-order valence-corrected chi connectivity index (χ0v) is 24.9. The molecule has 1 aliphatic carbocycles. The molecule has 0 aliphatic heterocycles. The van der Waals surface area contributed by atoms with Crippen LogP contribution >= 0.6 is 11.8 Å². The van der Waals surface area contributed by atoms with Gasteiger partial charge in [-0.1, -0.05) is 30.3 Å². The Morgan fingerprint density at radius 1 is 1.05 bits per heavy atom.